The van der Waals surface area contributed by atoms with Gasteiger partial charge in [0.2, 0.25) is 0 Å². The zero-order valence-electron chi connectivity index (χ0n) is 59.9. The molecule has 0 bridgehead atoms. The quantitative estimate of drug-likeness (QED) is 0.0394. The van der Waals surface area contributed by atoms with E-state index in [9.17, 15) is 29.7 Å². The number of carbonyl (C=O) groups is 3. The van der Waals surface area contributed by atoms with Crippen LogP contribution >= 0.6 is 0 Å². The molecular formula is C78H153BiO9. The Morgan fingerprint density at radius 2 is 0.330 bits per heavy atom. The van der Waals surface area contributed by atoms with Crippen molar-refractivity contribution in [2.75, 3.05) is 19.8 Å². The summed E-state index contributed by atoms with van der Waals surface area (Å²) in [7, 11) is 0. The van der Waals surface area contributed by atoms with Gasteiger partial charge in [-0.05, 0) is 77.0 Å². The third-order valence-electron chi connectivity index (χ3n) is 20.0. The third-order valence-corrected chi connectivity index (χ3v) is 20.0. The molecule has 0 aromatic heterocycles. The second-order valence-corrected chi connectivity index (χ2v) is 27.5. The van der Waals surface area contributed by atoms with Crippen LogP contribution in [0.3, 0.4) is 0 Å². The molecule has 0 spiro atoms. The number of aliphatic carboxylic acids is 3. The molecule has 88 heavy (non-hydrogen) atoms. The number of carbonyl (C=O) groups excluding carboxylic acids is 3. The Balaban J connectivity index is -0.000000598. The number of aliphatic hydroxyl groups is 3. The summed E-state index contributed by atoms with van der Waals surface area (Å²) in [5.41, 5.74) is -1.73. The minimum Gasteiger partial charge on any atom is -0.550 e. The Morgan fingerprint density at radius 1 is 0.216 bits per heavy atom. The monoisotopic (exact) mass is 1440 g/mol. The van der Waals surface area contributed by atoms with E-state index in [2.05, 4.69) is 20.8 Å². The van der Waals surface area contributed by atoms with Gasteiger partial charge in [0.1, 0.15) is 0 Å². The second-order valence-electron chi connectivity index (χ2n) is 27.5. The van der Waals surface area contributed by atoms with Crippen LogP contribution in [0.4, 0.5) is 0 Å². The molecule has 2 radical (unpaired) electrons. The van der Waals surface area contributed by atoms with E-state index in [-0.39, 0.29) is 26.2 Å². The number of carboxylic acid groups (broad SMARTS) is 3. The first-order chi connectivity index (χ1) is 42.4. The Labute approximate surface area is 567 Å². The second kappa shape index (κ2) is 73.6. The van der Waals surface area contributed by atoms with E-state index in [1.165, 1.54) is 250 Å². The summed E-state index contributed by atoms with van der Waals surface area (Å²) in [6.45, 7) is 13.7. The first kappa shape index (κ1) is 93.6. The molecule has 3 atom stereocenters. The van der Waals surface area contributed by atoms with E-state index in [1.807, 2.05) is 20.8 Å². The summed E-state index contributed by atoms with van der Waals surface area (Å²) in [6, 6.07) is 0. The van der Waals surface area contributed by atoms with Crippen LogP contribution in [0.5, 0.6) is 0 Å². The molecular weight excluding hydrogens is 1290 g/mol. The van der Waals surface area contributed by atoms with Crippen molar-refractivity contribution in [2.45, 2.75) is 446 Å². The Kier molecular flexibility index (Phi) is 78.2. The van der Waals surface area contributed by atoms with E-state index in [0.717, 1.165) is 135 Å². The molecule has 0 saturated heterocycles. The normalized spacial score (nSPS) is 13.3. The Hall–Kier alpha value is -0.827. The van der Waals surface area contributed by atoms with Gasteiger partial charge < -0.3 is 45.0 Å². The van der Waals surface area contributed by atoms with Gasteiger partial charge in [0.05, 0.1) is 0 Å². The van der Waals surface area contributed by atoms with Crippen LogP contribution in [0.15, 0.2) is 0 Å². The topological polar surface area (TPSA) is 181 Å². The first-order valence-corrected chi connectivity index (χ1v) is 38.8. The van der Waals surface area contributed by atoms with Gasteiger partial charge in [0.15, 0.2) is 0 Å². The molecule has 0 aromatic carbocycles. The summed E-state index contributed by atoms with van der Waals surface area (Å²) in [5.74, 6) is -2.44. The average Bonchev–Trinajstić information content (AvgIpc) is 3.66. The molecule has 10 heteroatoms. The van der Waals surface area contributed by atoms with Crippen LogP contribution in [0.25, 0.3) is 0 Å². The molecule has 3 N–H and O–H groups in total. The minimum absolute atomic E-state index is 0. The van der Waals surface area contributed by atoms with Crippen molar-refractivity contribution in [3.05, 3.63) is 0 Å². The van der Waals surface area contributed by atoms with Gasteiger partial charge in [-0.25, -0.2) is 0 Å². The van der Waals surface area contributed by atoms with Gasteiger partial charge in [-0.15, -0.1) is 0 Å². The van der Waals surface area contributed by atoms with Crippen molar-refractivity contribution in [1.29, 1.82) is 0 Å². The van der Waals surface area contributed by atoms with Crippen molar-refractivity contribution in [3.63, 3.8) is 0 Å². The third kappa shape index (κ3) is 59.0. The molecule has 0 aromatic rings. The predicted octanol–water partition coefficient (Wildman–Crippen LogP) is 20.5. The fourth-order valence-corrected chi connectivity index (χ4v) is 13.2. The van der Waals surface area contributed by atoms with Crippen LogP contribution in [-0.2, 0) is 14.4 Å². The average molecular weight is 1440 g/mol. The maximum absolute atomic E-state index is 11.8. The SMILES string of the molecule is CCCCCCC(CC)(CCCCCCCCCCCCCCCCO)C(=O)[O-].CCCCCCC(CC)(CCCCCCCCCCCCCCCCO)C(=O)[O-].CCCCCCC(CC)(CCCCCCCCCCCCCCCCO)C(=O)[O-].[Bi+3]. The van der Waals surface area contributed by atoms with E-state index in [1.54, 1.807) is 0 Å². The van der Waals surface area contributed by atoms with Gasteiger partial charge in [-0.1, -0.05) is 369 Å². The summed E-state index contributed by atoms with van der Waals surface area (Å²) in [6.07, 6.45) is 73.4. The fourth-order valence-electron chi connectivity index (χ4n) is 13.2. The maximum Gasteiger partial charge on any atom is 3.00 e. The largest absolute Gasteiger partial charge is 3.00 e. The molecule has 0 amide bonds. The van der Waals surface area contributed by atoms with E-state index in [0.29, 0.717) is 39.1 Å². The summed E-state index contributed by atoms with van der Waals surface area (Å²) < 4.78 is 0. The summed E-state index contributed by atoms with van der Waals surface area (Å²) in [4.78, 5) is 35.3. The zero-order chi connectivity index (χ0) is 64.9. The summed E-state index contributed by atoms with van der Waals surface area (Å²) >= 11 is 0. The number of rotatable bonds is 69. The van der Waals surface area contributed by atoms with Crippen molar-refractivity contribution in [2.24, 2.45) is 16.2 Å². The molecule has 0 aliphatic rings. The minimum atomic E-state index is -0.815. The van der Waals surface area contributed by atoms with Crippen molar-refractivity contribution >= 4 is 44.1 Å². The van der Waals surface area contributed by atoms with E-state index in [4.69, 9.17) is 15.3 Å². The van der Waals surface area contributed by atoms with Crippen molar-refractivity contribution < 1.29 is 45.0 Å². The van der Waals surface area contributed by atoms with E-state index < -0.39 is 34.2 Å². The van der Waals surface area contributed by atoms with E-state index >= 15 is 0 Å². The van der Waals surface area contributed by atoms with Gasteiger partial charge in [-0.3, -0.25) is 0 Å². The van der Waals surface area contributed by atoms with Gasteiger partial charge in [-0.2, -0.15) is 0 Å². The van der Waals surface area contributed by atoms with Crippen LogP contribution in [0, 0.1) is 16.2 Å². The molecule has 0 saturated carbocycles. The molecule has 9 nitrogen and oxygen atoms in total. The zero-order valence-corrected chi connectivity index (χ0v) is 63.4. The molecule has 3 unspecified atom stereocenters. The predicted molar refractivity (Wildman–Crippen MR) is 374 cm³/mol. The number of aliphatic hydroxyl groups excluding tert-OH is 3. The molecule has 524 valence electrons. The smallest absolute Gasteiger partial charge is 0.550 e. The molecule has 0 aliphatic heterocycles. The Bertz CT molecular complexity index is 1240. The molecule has 0 aliphatic carbocycles. The number of carboxylic acids is 3. The maximum atomic E-state index is 11.8. The standard InChI is InChI=1S/3C26H52O3.Bi/c3*1-3-5-6-19-22-26(4-2,25(28)29)23-20-17-15-13-11-9-7-8-10-12-14-16-18-21-24-27;/h3*27H,3-24H2,1-2H3,(H,28,29);/q;;;+3/p-3. The molecule has 0 rings (SSSR count). The van der Waals surface area contributed by atoms with Crippen LogP contribution < -0.4 is 15.3 Å². The van der Waals surface area contributed by atoms with Crippen LogP contribution in [0.1, 0.15) is 446 Å². The van der Waals surface area contributed by atoms with Crippen molar-refractivity contribution in [1.82, 2.24) is 0 Å². The van der Waals surface area contributed by atoms with Crippen LogP contribution in [0.2, 0.25) is 0 Å². The number of hydrogen-bond donors (Lipinski definition) is 3. The van der Waals surface area contributed by atoms with Crippen molar-refractivity contribution in [3.8, 4) is 0 Å². The fraction of sp³-hybridized carbons (Fsp3) is 0.962. The van der Waals surface area contributed by atoms with Gasteiger partial charge >= 0.3 is 26.2 Å². The Morgan fingerprint density at radius 3 is 0.432 bits per heavy atom. The summed E-state index contributed by atoms with van der Waals surface area (Å²) in [5, 5.41) is 61.6. The number of hydrogen-bond acceptors (Lipinski definition) is 9. The van der Waals surface area contributed by atoms with Gasteiger partial charge in [0, 0.05) is 54.0 Å². The molecule has 0 heterocycles. The molecule has 0 fully saturated rings. The van der Waals surface area contributed by atoms with Gasteiger partial charge in [0.25, 0.3) is 0 Å². The van der Waals surface area contributed by atoms with Crippen LogP contribution in [-0.4, -0.2) is 79.3 Å². The number of unbranched alkanes of at least 4 members (excludes halogenated alkanes) is 48. The first-order valence-electron chi connectivity index (χ1n) is 38.8.